The molecule has 30 heavy (non-hydrogen) atoms. The number of rotatable bonds is 4. The summed E-state index contributed by atoms with van der Waals surface area (Å²) in [5, 5.41) is 5.03. The minimum Gasteiger partial charge on any atom is -0.486 e. The van der Waals surface area contributed by atoms with E-state index in [1.165, 1.54) is 28.6 Å². The van der Waals surface area contributed by atoms with E-state index in [1.54, 1.807) is 17.4 Å². The number of aromatic nitrogens is 2. The number of carbonyl (C=O) groups is 1. The fraction of sp³-hybridized carbons (Fsp3) is 0.409. The highest BCUT2D eigenvalue weighted by molar-refractivity contribution is 8.00. The van der Waals surface area contributed by atoms with Gasteiger partial charge in [-0.15, -0.1) is 11.3 Å². The average molecular weight is 442 g/mol. The molecule has 0 saturated heterocycles. The highest BCUT2D eigenvalue weighted by Gasteiger charge is 2.24. The second-order valence-electron chi connectivity index (χ2n) is 7.80. The second kappa shape index (κ2) is 8.07. The van der Waals surface area contributed by atoms with E-state index in [0.717, 1.165) is 33.9 Å². The molecule has 0 radical (unpaired) electrons. The number of nitrogens with one attached hydrogen (secondary N) is 1. The van der Waals surface area contributed by atoms with Crippen molar-refractivity contribution in [1.82, 2.24) is 9.97 Å². The zero-order chi connectivity index (χ0) is 20.7. The molecule has 0 saturated carbocycles. The summed E-state index contributed by atoms with van der Waals surface area (Å²) in [7, 11) is 0. The molecule has 2 aliphatic rings. The molecule has 1 N–H and O–H groups in total. The molecule has 1 aliphatic heterocycles. The maximum atomic E-state index is 12.6. The monoisotopic (exact) mass is 441 g/mol. The molecule has 0 bridgehead atoms. The molecule has 1 aliphatic carbocycles. The molecule has 3 aromatic rings. The van der Waals surface area contributed by atoms with Crippen LogP contribution in [0.15, 0.2) is 23.2 Å². The molecule has 1 aromatic carbocycles. The van der Waals surface area contributed by atoms with Gasteiger partial charge in [-0.3, -0.25) is 4.79 Å². The fourth-order valence-electron chi connectivity index (χ4n) is 3.97. The first kappa shape index (κ1) is 19.6. The zero-order valence-corrected chi connectivity index (χ0v) is 18.6. The van der Waals surface area contributed by atoms with Crippen LogP contribution in [-0.2, 0) is 17.6 Å². The number of benzene rings is 1. The van der Waals surface area contributed by atoms with E-state index in [0.29, 0.717) is 42.1 Å². The van der Waals surface area contributed by atoms with Crippen molar-refractivity contribution in [2.75, 3.05) is 24.3 Å². The lowest BCUT2D eigenvalue weighted by molar-refractivity contribution is -0.113. The van der Waals surface area contributed by atoms with Gasteiger partial charge in [-0.2, -0.15) is 0 Å². The van der Waals surface area contributed by atoms with Crippen LogP contribution in [0.4, 0.5) is 5.69 Å². The molecule has 6 nitrogen and oxygen atoms in total. The summed E-state index contributed by atoms with van der Waals surface area (Å²) in [6, 6.07) is 5.47. The van der Waals surface area contributed by atoms with Gasteiger partial charge in [0.15, 0.2) is 11.5 Å². The Kier molecular flexibility index (Phi) is 5.28. The van der Waals surface area contributed by atoms with Crippen LogP contribution in [0.3, 0.4) is 0 Å². The molecule has 156 valence electrons. The zero-order valence-electron chi connectivity index (χ0n) is 17.0. The number of amides is 1. The van der Waals surface area contributed by atoms with Gasteiger partial charge in [0.1, 0.15) is 28.9 Å². The first-order valence-corrected chi connectivity index (χ1v) is 12.0. The number of aryl methyl sites for hydroxylation is 2. The van der Waals surface area contributed by atoms with E-state index < -0.39 is 0 Å². The molecule has 8 heteroatoms. The van der Waals surface area contributed by atoms with E-state index in [1.807, 2.05) is 19.1 Å². The number of fused-ring (bicyclic) bond motifs is 4. The highest BCUT2D eigenvalue weighted by atomic mass is 32.2. The minimum atomic E-state index is -0.0705. The smallest absolute Gasteiger partial charge is 0.234 e. The lowest BCUT2D eigenvalue weighted by atomic mass is 9.89. The summed E-state index contributed by atoms with van der Waals surface area (Å²) in [6.07, 6.45) is 3.38. The molecule has 3 heterocycles. The molecular formula is C22H23N3O3S2. The van der Waals surface area contributed by atoms with E-state index >= 15 is 0 Å². The standard InChI is InChI=1S/C22H23N3O3S2/c1-12-3-5-15-18(9-12)30-22-20(15)21(23-13(2)24-22)29-11-19(26)25-14-4-6-16-17(10-14)28-8-7-27-16/h4,6,10,12H,3,5,7-9,11H2,1-2H3,(H,25,26)/t12-/m0/s1. The summed E-state index contributed by atoms with van der Waals surface area (Å²) in [5.74, 6) is 3.07. The van der Waals surface area contributed by atoms with Gasteiger partial charge >= 0.3 is 0 Å². The van der Waals surface area contributed by atoms with Gasteiger partial charge in [-0.1, -0.05) is 18.7 Å². The summed E-state index contributed by atoms with van der Waals surface area (Å²) in [5.41, 5.74) is 2.10. The predicted molar refractivity (Wildman–Crippen MR) is 120 cm³/mol. The van der Waals surface area contributed by atoms with Crippen LogP contribution < -0.4 is 14.8 Å². The molecule has 0 spiro atoms. The first-order valence-electron chi connectivity index (χ1n) is 10.2. The SMILES string of the molecule is Cc1nc(SCC(=O)Nc2ccc3c(c2)OCCO3)c2c3c(sc2n1)C[C@@H](C)CC3. The van der Waals surface area contributed by atoms with Gasteiger partial charge in [-0.05, 0) is 49.8 Å². The van der Waals surface area contributed by atoms with Crippen LogP contribution in [0.2, 0.25) is 0 Å². The summed E-state index contributed by atoms with van der Waals surface area (Å²) in [6.45, 7) is 5.29. The average Bonchev–Trinajstić information content (AvgIpc) is 3.09. The van der Waals surface area contributed by atoms with Crippen molar-refractivity contribution < 1.29 is 14.3 Å². The fourth-order valence-corrected chi connectivity index (χ4v) is 6.36. The Morgan fingerprint density at radius 3 is 2.97 bits per heavy atom. The maximum Gasteiger partial charge on any atom is 0.234 e. The van der Waals surface area contributed by atoms with Crippen LogP contribution in [0.1, 0.15) is 29.6 Å². The number of carbonyl (C=O) groups excluding carboxylic acids is 1. The van der Waals surface area contributed by atoms with Crippen molar-refractivity contribution in [3.05, 3.63) is 34.5 Å². The van der Waals surface area contributed by atoms with Crippen LogP contribution in [-0.4, -0.2) is 34.8 Å². The van der Waals surface area contributed by atoms with Crippen LogP contribution in [0.5, 0.6) is 11.5 Å². The maximum absolute atomic E-state index is 12.6. The summed E-state index contributed by atoms with van der Waals surface area (Å²) < 4.78 is 11.1. The lowest BCUT2D eigenvalue weighted by Crippen LogP contribution is -2.17. The number of anilines is 1. The quantitative estimate of drug-likeness (QED) is 0.470. The molecule has 0 fully saturated rings. The third-order valence-corrected chi connectivity index (χ3v) is 7.52. The van der Waals surface area contributed by atoms with Crippen molar-refractivity contribution >= 4 is 44.9 Å². The molecule has 0 unspecified atom stereocenters. The number of thiophene rings is 1. The second-order valence-corrected chi connectivity index (χ2v) is 9.85. The van der Waals surface area contributed by atoms with Gasteiger partial charge in [0.25, 0.3) is 0 Å². The number of hydrogen-bond donors (Lipinski definition) is 1. The Hall–Kier alpha value is -2.32. The van der Waals surface area contributed by atoms with Crippen molar-refractivity contribution in [2.45, 2.75) is 38.1 Å². The molecular weight excluding hydrogens is 418 g/mol. The van der Waals surface area contributed by atoms with Crippen LogP contribution in [0.25, 0.3) is 10.2 Å². The van der Waals surface area contributed by atoms with Gasteiger partial charge < -0.3 is 14.8 Å². The minimum absolute atomic E-state index is 0.0705. The van der Waals surface area contributed by atoms with Crippen molar-refractivity contribution in [2.24, 2.45) is 5.92 Å². The lowest BCUT2D eigenvalue weighted by Gasteiger charge is -2.19. The largest absolute Gasteiger partial charge is 0.486 e. The Bertz CT molecular complexity index is 1130. The van der Waals surface area contributed by atoms with Gasteiger partial charge in [0, 0.05) is 22.0 Å². The Labute approximate surface area is 183 Å². The molecule has 1 atom stereocenters. The highest BCUT2D eigenvalue weighted by Crippen LogP contribution is 2.41. The molecule has 2 aromatic heterocycles. The van der Waals surface area contributed by atoms with E-state index in [4.69, 9.17) is 9.47 Å². The number of thioether (sulfide) groups is 1. The Morgan fingerprint density at radius 1 is 1.27 bits per heavy atom. The van der Waals surface area contributed by atoms with Gasteiger partial charge in [0.2, 0.25) is 5.91 Å². The van der Waals surface area contributed by atoms with E-state index in [-0.39, 0.29) is 5.91 Å². The van der Waals surface area contributed by atoms with Gasteiger partial charge in [0.05, 0.1) is 5.75 Å². The van der Waals surface area contributed by atoms with Gasteiger partial charge in [-0.25, -0.2) is 9.97 Å². The van der Waals surface area contributed by atoms with E-state index in [2.05, 4.69) is 22.2 Å². The molecule has 5 rings (SSSR count). The number of ether oxygens (including phenoxy) is 2. The molecule has 1 amide bonds. The Balaban J connectivity index is 1.33. The van der Waals surface area contributed by atoms with Crippen molar-refractivity contribution in [1.29, 1.82) is 0 Å². The predicted octanol–water partition coefficient (Wildman–Crippen LogP) is 4.63. The van der Waals surface area contributed by atoms with Crippen molar-refractivity contribution in [3.8, 4) is 11.5 Å². The third-order valence-electron chi connectivity index (χ3n) is 5.40. The topological polar surface area (TPSA) is 73.3 Å². The Morgan fingerprint density at radius 2 is 2.10 bits per heavy atom. The van der Waals surface area contributed by atoms with Crippen LogP contribution >= 0.6 is 23.1 Å². The first-order chi connectivity index (χ1) is 14.6. The van der Waals surface area contributed by atoms with Crippen LogP contribution in [0, 0.1) is 12.8 Å². The van der Waals surface area contributed by atoms with E-state index in [9.17, 15) is 4.79 Å². The third kappa shape index (κ3) is 3.86. The normalized spacial score (nSPS) is 17.6. The number of hydrogen-bond acceptors (Lipinski definition) is 7. The number of nitrogens with zero attached hydrogens (tertiary/aromatic N) is 2. The summed E-state index contributed by atoms with van der Waals surface area (Å²) in [4.78, 5) is 24.4. The van der Waals surface area contributed by atoms with Crippen molar-refractivity contribution in [3.63, 3.8) is 0 Å². The summed E-state index contributed by atoms with van der Waals surface area (Å²) >= 11 is 3.28.